The zero-order chi connectivity index (χ0) is 12.2. The molecule has 7 heteroatoms. The second kappa shape index (κ2) is 5.11. The quantitative estimate of drug-likeness (QED) is 0.809. The molecule has 0 aliphatic carbocycles. The molecule has 0 amide bonds. The average molecular weight is 244 g/mol. The van der Waals surface area contributed by atoms with Gasteiger partial charge >= 0.3 is 0 Å². The zero-order valence-corrected chi connectivity index (χ0v) is 10.4. The largest absolute Gasteiger partial charge is 0.366 e. The van der Waals surface area contributed by atoms with Crippen molar-refractivity contribution in [3.63, 3.8) is 0 Å². The van der Waals surface area contributed by atoms with E-state index in [4.69, 9.17) is 0 Å². The van der Waals surface area contributed by atoms with Crippen LogP contribution in [0.5, 0.6) is 0 Å². The summed E-state index contributed by atoms with van der Waals surface area (Å²) in [6.45, 7) is 4.09. The summed E-state index contributed by atoms with van der Waals surface area (Å²) in [5, 5.41) is 10.7. The zero-order valence-electron chi connectivity index (χ0n) is 9.56. The molecule has 1 aromatic heterocycles. The van der Waals surface area contributed by atoms with Crippen molar-refractivity contribution in [3.05, 3.63) is 12.1 Å². The highest BCUT2D eigenvalue weighted by molar-refractivity contribution is 7.92. The third kappa shape index (κ3) is 4.43. The maximum atomic E-state index is 10.9. The minimum atomic E-state index is -3.29. The highest BCUT2D eigenvalue weighted by Gasteiger charge is 2.04. The molecule has 0 aliphatic rings. The maximum Gasteiger partial charge on any atom is 0.231 e. The summed E-state index contributed by atoms with van der Waals surface area (Å²) >= 11 is 0. The van der Waals surface area contributed by atoms with Gasteiger partial charge in [-0.25, -0.2) is 8.42 Å². The Balaban J connectivity index is 2.68. The second-order valence-corrected chi connectivity index (χ2v) is 5.38. The van der Waals surface area contributed by atoms with E-state index in [1.54, 1.807) is 12.1 Å². The number of nitrogens with one attached hydrogen (secondary N) is 2. The molecule has 0 saturated heterocycles. The van der Waals surface area contributed by atoms with Gasteiger partial charge in [0.05, 0.1) is 6.26 Å². The normalized spacial score (nSPS) is 13.2. The molecule has 6 nitrogen and oxygen atoms in total. The Morgan fingerprint density at radius 1 is 1.31 bits per heavy atom. The monoisotopic (exact) mass is 244 g/mol. The van der Waals surface area contributed by atoms with Gasteiger partial charge in [-0.2, -0.15) is 0 Å². The molecular formula is C9H16N4O2S. The SMILES string of the molecule is CCC(C)Nc1ccc(NS(C)(=O)=O)nn1. The Morgan fingerprint density at radius 2 is 1.88 bits per heavy atom. The molecule has 1 unspecified atom stereocenters. The van der Waals surface area contributed by atoms with Gasteiger partial charge in [-0.15, -0.1) is 10.2 Å². The number of hydrogen-bond donors (Lipinski definition) is 2. The van der Waals surface area contributed by atoms with Crippen LogP contribution in [0.15, 0.2) is 12.1 Å². The number of hydrogen-bond acceptors (Lipinski definition) is 5. The van der Waals surface area contributed by atoms with Crippen molar-refractivity contribution in [3.8, 4) is 0 Å². The molecule has 1 heterocycles. The van der Waals surface area contributed by atoms with Gasteiger partial charge in [-0.1, -0.05) is 6.92 Å². The lowest BCUT2D eigenvalue weighted by Crippen LogP contribution is -2.16. The first-order chi connectivity index (χ1) is 7.40. The van der Waals surface area contributed by atoms with Crippen LogP contribution in [0.25, 0.3) is 0 Å². The first kappa shape index (κ1) is 12.7. The molecular weight excluding hydrogens is 228 g/mol. The number of nitrogens with zero attached hydrogens (tertiary/aromatic N) is 2. The summed E-state index contributed by atoms with van der Waals surface area (Å²) in [4.78, 5) is 0. The van der Waals surface area contributed by atoms with E-state index in [0.29, 0.717) is 11.9 Å². The lowest BCUT2D eigenvalue weighted by molar-refractivity contribution is 0.606. The van der Waals surface area contributed by atoms with Gasteiger partial charge in [0.25, 0.3) is 0 Å². The molecule has 0 aromatic carbocycles. The topological polar surface area (TPSA) is 84.0 Å². The van der Waals surface area contributed by atoms with Gasteiger partial charge in [-0.05, 0) is 25.5 Å². The number of anilines is 2. The molecule has 16 heavy (non-hydrogen) atoms. The van der Waals surface area contributed by atoms with Gasteiger partial charge in [-0.3, -0.25) is 4.72 Å². The molecule has 1 atom stereocenters. The Kier molecular flexibility index (Phi) is 4.05. The lowest BCUT2D eigenvalue weighted by Gasteiger charge is -2.11. The standard InChI is InChI=1S/C9H16N4O2S/c1-4-7(2)10-8-5-6-9(12-11-8)13-16(3,14)15/h5-7H,4H2,1-3H3,(H,10,11)(H,12,13). The predicted octanol–water partition coefficient (Wildman–Crippen LogP) is 1.06. The molecule has 2 N–H and O–H groups in total. The van der Waals surface area contributed by atoms with Crippen molar-refractivity contribution < 1.29 is 8.42 Å². The molecule has 0 fully saturated rings. The van der Waals surface area contributed by atoms with E-state index in [9.17, 15) is 8.42 Å². The summed E-state index contributed by atoms with van der Waals surface area (Å²) in [6, 6.07) is 3.56. The van der Waals surface area contributed by atoms with Crippen LogP contribution in [0.4, 0.5) is 11.6 Å². The van der Waals surface area contributed by atoms with E-state index in [1.165, 1.54) is 0 Å². The van der Waals surface area contributed by atoms with Crippen LogP contribution < -0.4 is 10.0 Å². The van der Waals surface area contributed by atoms with Crippen LogP contribution in [0.2, 0.25) is 0 Å². The summed E-state index contributed by atoms with van der Waals surface area (Å²) in [7, 11) is -3.29. The first-order valence-electron chi connectivity index (χ1n) is 4.98. The van der Waals surface area contributed by atoms with E-state index in [1.807, 2.05) is 6.92 Å². The van der Waals surface area contributed by atoms with Crippen LogP contribution in [0.1, 0.15) is 20.3 Å². The van der Waals surface area contributed by atoms with E-state index in [2.05, 4.69) is 27.2 Å². The molecule has 90 valence electrons. The smallest absolute Gasteiger partial charge is 0.231 e. The highest BCUT2D eigenvalue weighted by atomic mass is 32.2. The van der Waals surface area contributed by atoms with Crippen molar-refractivity contribution in [2.24, 2.45) is 0 Å². The van der Waals surface area contributed by atoms with Crippen LogP contribution in [-0.4, -0.2) is 30.9 Å². The Morgan fingerprint density at radius 3 is 2.31 bits per heavy atom. The van der Waals surface area contributed by atoms with Crippen molar-refractivity contribution in [2.75, 3.05) is 16.3 Å². The van der Waals surface area contributed by atoms with Gasteiger partial charge in [0.2, 0.25) is 10.0 Å². The maximum absolute atomic E-state index is 10.9. The Bertz CT molecular complexity index is 429. The van der Waals surface area contributed by atoms with E-state index < -0.39 is 10.0 Å². The lowest BCUT2D eigenvalue weighted by atomic mass is 10.2. The van der Waals surface area contributed by atoms with Crippen molar-refractivity contribution in [2.45, 2.75) is 26.3 Å². The minimum Gasteiger partial charge on any atom is -0.366 e. The Hall–Kier alpha value is -1.37. The first-order valence-corrected chi connectivity index (χ1v) is 6.88. The van der Waals surface area contributed by atoms with E-state index >= 15 is 0 Å². The van der Waals surface area contributed by atoms with Gasteiger partial charge in [0, 0.05) is 6.04 Å². The number of sulfonamides is 1. The predicted molar refractivity (Wildman–Crippen MR) is 63.9 cm³/mol. The fourth-order valence-electron chi connectivity index (χ4n) is 1.01. The summed E-state index contributed by atoms with van der Waals surface area (Å²) in [5.41, 5.74) is 0. The van der Waals surface area contributed by atoms with Crippen LogP contribution in [0.3, 0.4) is 0 Å². The third-order valence-corrected chi connectivity index (χ3v) is 2.54. The minimum absolute atomic E-state index is 0.220. The van der Waals surface area contributed by atoms with E-state index in [-0.39, 0.29) is 5.82 Å². The number of aromatic nitrogens is 2. The number of rotatable bonds is 5. The second-order valence-electron chi connectivity index (χ2n) is 3.63. The third-order valence-electron chi connectivity index (χ3n) is 1.96. The summed E-state index contributed by atoms with van der Waals surface area (Å²) in [6.07, 6.45) is 2.05. The molecule has 0 bridgehead atoms. The Labute approximate surface area is 95.5 Å². The molecule has 1 aromatic rings. The molecule has 1 rings (SSSR count). The molecule has 0 saturated carbocycles. The fraction of sp³-hybridized carbons (Fsp3) is 0.556. The van der Waals surface area contributed by atoms with Crippen molar-refractivity contribution in [1.29, 1.82) is 0 Å². The van der Waals surface area contributed by atoms with Gasteiger partial charge in [0.15, 0.2) is 5.82 Å². The average Bonchev–Trinajstić information content (AvgIpc) is 2.18. The van der Waals surface area contributed by atoms with Crippen molar-refractivity contribution in [1.82, 2.24) is 10.2 Å². The van der Waals surface area contributed by atoms with Crippen LogP contribution in [0, 0.1) is 0 Å². The van der Waals surface area contributed by atoms with Gasteiger partial charge in [0.1, 0.15) is 5.82 Å². The van der Waals surface area contributed by atoms with Crippen LogP contribution >= 0.6 is 0 Å². The molecule has 0 aliphatic heterocycles. The van der Waals surface area contributed by atoms with Crippen LogP contribution in [-0.2, 0) is 10.0 Å². The van der Waals surface area contributed by atoms with Gasteiger partial charge < -0.3 is 5.32 Å². The highest BCUT2D eigenvalue weighted by Crippen LogP contribution is 2.08. The summed E-state index contributed by atoms with van der Waals surface area (Å²) < 4.78 is 24.1. The molecule has 0 radical (unpaired) electrons. The summed E-state index contributed by atoms with van der Waals surface area (Å²) in [5.74, 6) is 0.852. The fourth-order valence-corrected chi connectivity index (χ4v) is 1.50. The molecule has 0 spiro atoms. The van der Waals surface area contributed by atoms with Crippen molar-refractivity contribution >= 4 is 21.7 Å². The van der Waals surface area contributed by atoms with E-state index in [0.717, 1.165) is 12.7 Å².